The Labute approximate surface area is 109 Å². The van der Waals surface area contributed by atoms with E-state index < -0.39 is 11.8 Å². The second-order valence-electron chi connectivity index (χ2n) is 3.97. The Morgan fingerprint density at radius 3 is 2.84 bits per heavy atom. The molecule has 100 valence electrons. The van der Waals surface area contributed by atoms with Crippen LogP contribution in [0, 0.1) is 12.7 Å². The van der Waals surface area contributed by atoms with Crippen molar-refractivity contribution < 1.29 is 18.3 Å². The molecule has 19 heavy (non-hydrogen) atoms. The van der Waals surface area contributed by atoms with Gasteiger partial charge in [-0.3, -0.25) is 0 Å². The van der Waals surface area contributed by atoms with Crippen molar-refractivity contribution in [1.29, 1.82) is 0 Å². The first kappa shape index (κ1) is 13.1. The predicted octanol–water partition coefficient (Wildman–Crippen LogP) is 2.55. The van der Waals surface area contributed by atoms with E-state index in [1.807, 2.05) is 0 Å². The number of halogens is 1. The monoisotopic (exact) mass is 264 g/mol. The van der Waals surface area contributed by atoms with Crippen LogP contribution in [0.5, 0.6) is 0 Å². The molecule has 2 rings (SSSR count). The molecule has 2 aromatic rings. The number of hydrogen-bond donors (Lipinski definition) is 1. The lowest BCUT2D eigenvalue weighted by Gasteiger charge is -1.98. The Morgan fingerprint density at radius 1 is 1.47 bits per heavy atom. The largest absolute Gasteiger partial charge is 0.461 e. The molecule has 0 radical (unpaired) electrons. The Morgan fingerprint density at radius 2 is 2.21 bits per heavy atom. The SMILES string of the molecule is CCOC(=O)c1nc(-c2cc(C)cc(F)c2)oc1N. The minimum absolute atomic E-state index is 0.0863. The molecule has 1 aromatic heterocycles. The van der Waals surface area contributed by atoms with Crippen LogP contribution in [-0.2, 0) is 4.74 Å². The number of aryl methyl sites for hydroxylation is 1. The van der Waals surface area contributed by atoms with Gasteiger partial charge in [0.1, 0.15) is 5.82 Å². The fourth-order valence-electron chi connectivity index (χ4n) is 1.66. The van der Waals surface area contributed by atoms with Crippen LogP contribution in [0.3, 0.4) is 0 Å². The van der Waals surface area contributed by atoms with Crippen molar-refractivity contribution in [3.05, 3.63) is 35.3 Å². The van der Waals surface area contributed by atoms with Gasteiger partial charge in [-0.25, -0.2) is 9.18 Å². The van der Waals surface area contributed by atoms with E-state index in [0.717, 1.165) is 0 Å². The van der Waals surface area contributed by atoms with Crippen molar-refractivity contribution in [2.24, 2.45) is 0 Å². The number of rotatable bonds is 3. The maximum Gasteiger partial charge on any atom is 0.362 e. The van der Waals surface area contributed by atoms with Gasteiger partial charge in [-0.05, 0) is 37.6 Å². The fourth-order valence-corrected chi connectivity index (χ4v) is 1.66. The number of benzene rings is 1. The van der Waals surface area contributed by atoms with E-state index in [4.69, 9.17) is 14.9 Å². The molecule has 0 aliphatic rings. The highest BCUT2D eigenvalue weighted by atomic mass is 19.1. The summed E-state index contributed by atoms with van der Waals surface area (Å²) in [6.07, 6.45) is 0. The smallest absolute Gasteiger partial charge is 0.362 e. The third-order valence-corrected chi connectivity index (χ3v) is 2.41. The van der Waals surface area contributed by atoms with Gasteiger partial charge in [0, 0.05) is 5.56 Å². The normalized spacial score (nSPS) is 10.5. The van der Waals surface area contributed by atoms with Gasteiger partial charge in [-0.15, -0.1) is 0 Å². The summed E-state index contributed by atoms with van der Waals surface area (Å²) in [4.78, 5) is 15.5. The average Bonchev–Trinajstić information content (AvgIpc) is 2.70. The summed E-state index contributed by atoms with van der Waals surface area (Å²) < 4.78 is 23.3. The van der Waals surface area contributed by atoms with Crippen LogP contribution in [0.4, 0.5) is 10.3 Å². The first-order valence-electron chi connectivity index (χ1n) is 5.72. The number of carbonyl (C=O) groups is 1. The van der Waals surface area contributed by atoms with Crippen LogP contribution in [0.1, 0.15) is 23.0 Å². The topological polar surface area (TPSA) is 78.3 Å². The lowest BCUT2D eigenvalue weighted by Crippen LogP contribution is -2.07. The number of anilines is 1. The molecule has 1 aromatic carbocycles. The molecular weight excluding hydrogens is 251 g/mol. The maximum absolute atomic E-state index is 13.3. The van der Waals surface area contributed by atoms with Gasteiger partial charge >= 0.3 is 5.97 Å². The number of hydrogen-bond acceptors (Lipinski definition) is 5. The molecule has 0 atom stereocenters. The van der Waals surface area contributed by atoms with Crippen molar-refractivity contribution in [2.45, 2.75) is 13.8 Å². The molecule has 1 heterocycles. The van der Waals surface area contributed by atoms with Crippen LogP contribution in [0.15, 0.2) is 22.6 Å². The average molecular weight is 264 g/mol. The van der Waals surface area contributed by atoms with E-state index in [1.54, 1.807) is 19.9 Å². The van der Waals surface area contributed by atoms with E-state index in [-0.39, 0.29) is 24.1 Å². The lowest BCUT2D eigenvalue weighted by molar-refractivity contribution is 0.0521. The minimum atomic E-state index is -0.664. The predicted molar refractivity (Wildman–Crippen MR) is 67.0 cm³/mol. The van der Waals surface area contributed by atoms with Crippen LogP contribution in [0.2, 0.25) is 0 Å². The Hall–Kier alpha value is -2.37. The number of nitrogen functional groups attached to an aromatic ring is 1. The molecule has 0 bridgehead atoms. The Balaban J connectivity index is 2.41. The number of ether oxygens (including phenoxy) is 1. The summed E-state index contributed by atoms with van der Waals surface area (Å²) in [5.41, 5.74) is 6.59. The zero-order valence-corrected chi connectivity index (χ0v) is 10.6. The maximum atomic E-state index is 13.3. The molecule has 0 amide bonds. The van der Waals surface area contributed by atoms with Gasteiger partial charge in [0.2, 0.25) is 17.5 Å². The third kappa shape index (κ3) is 2.73. The van der Waals surface area contributed by atoms with Gasteiger partial charge in [0.15, 0.2) is 0 Å². The highest BCUT2D eigenvalue weighted by Gasteiger charge is 2.20. The van der Waals surface area contributed by atoms with E-state index in [0.29, 0.717) is 11.1 Å². The lowest BCUT2D eigenvalue weighted by atomic mass is 10.1. The molecule has 0 saturated carbocycles. The van der Waals surface area contributed by atoms with Crippen molar-refractivity contribution in [3.8, 4) is 11.5 Å². The van der Waals surface area contributed by atoms with Crippen LogP contribution >= 0.6 is 0 Å². The standard InChI is InChI=1S/C13H13FN2O3/c1-3-18-13(17)10-11(15)19-12(16-10)8-4-7(2)5-9(14)6-8/h4-6H,3,15H2,1-2H3. The van der Waals surface area contributed by atoms with Gasteiger partial charge in [-0.1, -0.05) is 0 Å². The zero-order chi connectivity index (χ0) is 14.0. The van der Waals surface area contributed by atoms with E-state index in [1.165, 1.54) is 12.1 Å². The molecule has 0 aliphatic carbocycles. The summed E-state index contributed by atoms with van der Waals surface area (Å²) in [5.74, 6) is -1.13. The zero-order valence-electron chi connectivity index (χ0n) is 10.6. The first-order chi connectivity index (χ1) is 9.01. The van der Waals surface area contributed by atoms with Crippen molar-refractivity contribution >= 4 is 11.9 Å². The van der Waals surface area contributed by atoms with Crippen LogP contribution in [0.25, 0.3) is 11.5 Å². The number of esters is 1. The molecule has 0 saturated heterocycles. The third-order valence-electron chi connectivity index (χ3n) is 2.41. The van der Waals surface area contributed by atoms with Crippen molar-refractivity contribution in [1.82, 2.24) is 4.98 Å². The summed E-state index contributed by atoms with van der Waals surface area (Å²) in [6.45, 7) is 3.62. The molecular formula is C13H13FN2O3. The number of nitrogens with two attached hydrogens (primary N) is 1. The number of oxazole rings is 1. The Bertz CT molecular complexity index is 602. The highest BCUT2D eigenvalue weighted by molar-refractivity contribution is 5.92. The Kier molecular flexibility index (Phi) is 3.50. The van der Waals surface area contributed by atoms with Crippen LogP contribution in [-0.4, -0.2) is 17.6 Å². The summed E-state index contributed by atoms with van der Waals surface area (Å²) >= 11 is 0. The van der Waals surface area contributed by atoms with E-state index in [9.17, 15) is 9.18 Å². The second-order valence-corrected chi connectivity index (χ2v) is 3.97. The molecule has 0 fully saturated rings. The van der Waals surface area contributed by atoms with Gasteiger partial charge in [0.05, 0.1) is 6.61 Å². The summed E-state index contributed by atoms with van der Waals surface area (Å²) in [5, 5.41) is 0. The van der Waals surface area contributed by atoms with E-state index in [2.05, 4.69) is 4.98 Å². The highest BCUT2D eigenvalue weighted by Crippen LogP contribution is 2.25. The number of aromatic nitrogens is 1. The summed E-state index contributed by atoms with van der Waals surface area (Å²) in [6, 6.07) is 4.32. The molecule has 0 aliphatic heterocycles. The quantitative estimate of drug-likeness (QED) is 0.862. The van der Waals surface area contributed by atoms with Crippen molar-refractivity contribution in [3.63, 3.8) is 0 Å². The van der Waals surface area contributed by atoms with E-state index >= 15 is 0 Å². The minimum Gasteiger partial charge on any atom is -0.461 e. The molecule has 5 nitrogen and oxygen atoms in total. The molecule has 6 heteroatoms. The molecule has 0 spiro atoms. The van der Waals surface area contributed by atoms with Gasteiger partial charge in [0.25, 0.3) is 0 Å². The fraction of sp³-hybridized carbons (Fsp3) is 0.231. The van der Waals surface area contributed by atoms with Gasteiger partial charge in [-0.2, -0.15) is 4.98 Å². The van der Waals surface area contributed by atoms with Crippen molar-refractivity contribution in [2.75, 3.05) is 12.3 Å². The van der Waals surface area contributed by atoms with Gasteiger partial charge < -0.3 is 14.9 Å². The van der Waals surface area contributed by atoms with Crippen LogP contribution < -0.4 is 5.73 Å². The second kappa shape index (κ2) is 5.09. The number of carbonyl (C=O) groups excluding carboxylic acids is 1. The first-order valence-corrected chi connectivity index (χ1v) is 5.72. The molecule has 2 N–H and O–H groups in total. The number of nitrogens with zero attached hydrogens (tertiary/aromatic N) is 1. The molecule has 0 unspecified atom stereocenters. The summed E-state index contributed by atoms with van der Waals surface area (Å²) in [7, 11) is 0.